The Hall–Kier alpha value is -1.35. The molecule has 84 valence electrons. The van der Waals surface area contributed by atoms with Crippen molar-refractivity contribution in [1.29, 1.82) is 0 Å². The predicted octanol–water partition coefficient (Wildman–Crippen LogP) is 3.00. The number of halogens is 1. The van der Waals surface area contributed by atoms with E-state index in [1.807, 2.05) is 41.9 Å². The Kier molecular flexibility index (Phi) is 3.25. The summed E-state index contributed by atoms with van der Waals surface area (Å²) in [5.41, 5.74) is 2.05. The molecular weight excluding hydrogens is 222 g/mol. The maximum atomic E-state index is 6.11. The maximum Gasteiger partial charge on any atom is 0.0733 e. The molecule has 0 amide bonds. The van der Waals surface area contributed by atoms with Crippen molar-refractivity contribution in [2.45, 2.75) is 25.1 Å². The van der Waals surface area contributed by atoms with Crippen LogP contribution >= 0.6 is 11.6 Å². The highest BCUT2D eigenvalue weighted by Gasteiger charge is 2.17. The molecule has 0 aliphatic heterocycles. The van der Waals surface area contributed by atoms with Crippen LogP contribution in [-0.4, -0.2) is 20.4 Å². The lowest BCUT2D eigenvalue weighted by molar-refractivity contribution is 0.664. The highest BCUT2D eigenvalue weighted by Crippen LogP contribution is 2.23. The molecule has 2 aromatic rings. The van der Waals surface area contributed by atoms with Crippen LogP contribution < -0.4 is 0 Å². The van der Waals surface area contributed by atoms with Gasteiger partial charge < -0.3 is 0 Å². The van der Waals surface area contributed by atoms with Crippen LogP contribution in [0, 0.1) is 0 Å². The Morgan fingerprint density at radius 1 is 1.19 bits per heavy atom. The van der Waals surface area contributed by atoms with Crippen molar-refractivity contribution in [2.75, 3.05) is 0 Å². The smallest absolute Gasteiger partial charge is 0.0733 e. The van der Waals surface area contributed by atoms with Crippen molar-refractivity contribution in [3.8, 4) is 5.69 Å². The minimum absolute atomic E-state index is 0.0564. The predicted molar refractivity (Wildman–Crippen MR) is 65.1 cm³/mol. The molecule has 16 heavy (non-hydrogen) atoms. The van der Waals surface area contributed by atoms with Crippen LogP contribution in [0.2, 0.25) is 0 Å². The van der Waals surface area contributed by atoms with Gasteiger partial charge in [-0.1, -0.05) is 30.3 Å². The average Bonchev–Trinajstić information content (AvgIpc) is 2.77. The van der Waals surface area contributed by atoms with E-state index in [0.717, 1.165) is 11.4 Å². The van der Waals surface area contributed by atoms with Crippen LogP contribution in [0.1, 0.15) is 25.5 Å². The van der Waals surface area contributed by atoms with Gasteiger partial charge in [-0.05, 0) is 19.1 Å². The molecule has 2 atom stereocenters. The summed E-state index contributed by atoms with van der Waals surface area (Å²) in [6.07, 6.45) is 1.77. The lowest BCUT2D eigenvalue weighted by Gasteiger charge is -2.14. The van der Waals surface area contributed by atoms with Gasteiger partial charge in [0.2, 0.25) is 0 Å². The number of benzene rings is 1. The van der Waals surface area contributed by atoms with Crippen molar-refractivity contribution in [2.24, 2.45) is 0 Å². The number of nitrogens with zero attached hydrogens (tertiary/aromatic N) is 3. The molecule has 0 spiro atoms. The molecule has 0 aliphatic rings. The minimum atomic E-state index is 0.0564. The molecular formula is C12H14ClN3. The van der Waals surface area contributed by atoms with E-state index < -0.39 is 0 Å². The Labute approximate surface area is 100 Å². The van der Waals surface area contributed by atoms with E-state index in [2.05, 4.69) is 17.2 Å². The van der Waals surface area contributed by atoms with Crippen molar-refractivity contribution >= 4 is 11.6 Å². The van der Waals surface area contributed by atoms with Crippen LogP contribution in [0.25, 0.3) is 5.69 Å². The second-order valence-electron chi connectivity index (χ2n) is 3.87. The van der Waals surface area contributed by atoms with Gasteiger partial charge in [-0.3, -0.25) is 0 Å². The average molecular weight is 236 g/mol. The largest absolute Gasteiger partial charge is 0.217 e. The zero-order valence-corrected chi connectivity index (χ0v) is 10.1. The van der Waals surface area contributed by atoms with Crippen molar-refractivity contribution < 1.29 is 0 Å². The lowest BCUT2D eigenvalue weighted by atomic mass is 10.1. The van der Waals surface area contributed by atoms with Gasteiger partial charge in [-0.15, -0.1) is 16.7 Å². The minimum Gasteiger partial charge on any atom is -0.217 e. The molecule has 0 N–H and O–H groups in total. The van der Waals surface area contributed by atoms with Crippen LogP contribution in [0.3, 0.4) is 0 Å². The number of hydrogen-bond acceptors (Lipinski definition) is 2. The Balaban J connectivity index is 2.40. The third kappa shape index (κ3) is 2.09. The van der Waals surface area contributed by atoms with Gasteiger partial charge in [-0.2, -0.15) is 0 Å². The fourth-order valence-corrected chi connectivity index (χ4v) is 1.69. The molecule has 0 saturated heterocycles. The second kappa shape index (κ2) is 4.66. The highest BCUT2D eigenvalue weighted by molar-refractivity contribution is 6.20. The van der Waals surface area contributed by atoms with E-state index in [1.165, 1.54) is 0 Å². The monoisotopic (exact) mass is 235 g/mol. The van der Waals surface area contributed by atoms with Crippen molar-refractivity contribution in [1.82, 2.24) is 15.0 Å². The van der Waals surface area contributed by atoms with Crippen molar-refractivity contribution in [3.05, 3.63) is 42.2 Å². The third-order valence-corrected chi connectivity index (χ3v) is 3.11. The first kappa shape index (κ1) is 11.1. The van der Waals surface area contributed by atoms with Gasteiger partial charge >= 0.3 is 0 Å². The standard InChI is InChI=1S/C12H14ClN3/c1-9(10(2)13)12-8-14-15-16(12)11-6-4-3-5-7-11/h3-10H,1-2H3. The van der Waals surface area contributed by atoms with E-state index >= 15 is 0 Å². The molecule has 2 unspecified atom stereocenters. The summed E-state index contributed by atoms with van der Waals surface area (Å²) in [5, 5.41) is 8.11. The van der Waals surface area contributed by atoms with Crippen LogP contribution in [0.5, 0.6) is 0 Å². The van der Waals surface area contributed by atoms with Crippen LogP contribution in [-0.2, 0) is 0 Å². The molecule has 0 saturated carbocycles. The van der Waals surface area contributed by atoms with Gasteiger partial charge in [0.05, 0.1) is 17.6 Å². The van der Waals surface area contributed by atoms with Gasteiger partial charge in [-0.25, -0.2) is 4.68 Å². The maximum absolute atomic E-state index is 6.11. The molecule has 2 rings (SSSR count). The third-order valence-electron chi connectivity index (χ3n) is 2.73. The summed E-state index contributed by atoms with van der Waals surface area (Å²) in [7, 11) is 0. The van der Waals surface area contributed by atoms with Gasteiger partial charge in [0.15, 0.2) is 0 Å². The lowest BCUT2D eigenvalue weighted by Crippen LogP contribution is -2.11. The Morgan fingerprint density at radius 2 is 1.88 bits per heavy atom. The molecule has 1 heterocycles. The van der Waals surface area contributed by atoms with E-state index in [-0.39, 0.29) is 11.3 Å². The first-order chi connectivity index (χ1) is 7.70. The normalized spacial score (nSPS) is 14.7. The second-order valence-corrected chi connectivity index (χ2v) is 4.56. The number of alkyl halides is 1. The zero-order valence-electron chi connectivity index (χ0n) is 9.34. The highest BCUT2D eigenvalue weighted by atomic mass is 35.5. The number of para-hydroxylation sites is 1. The van der Waals surface area contributed by atoms with E-state index in [9.17, 15) is 0 Å². The quantitative estimate of drug-likeness (QED) is 0.766. The van der Waals surface area contributed by atoms with Crippen molar-refractivity contribution in [3.63, 3.8) is 0 Å². The molecule has 0 aliphatic carbocycles. The molecule has 0 bridgehead atoms. The first-order valence-electron chi connectivity index (χ1n) is 5.30. The zero-order chi connectivity index (χ0) is 11.5. The Bertz CT molecular complexity index is 450. The van der Waals surface area contributed by atoms with Crippen LogP contribution in [0.4, 0.5) is 0 Å². The first-order valence-corrected chi connectivity index (χ1v) is 5.74. The summed E-state index contributed by atoms with van der Waals surface area (Å²) in [6, 6.07) is 9.95. The van der Waals surface area contributed by atoms with Gasteiger partial charge in [0.25, 0.3) is 0 Å². The van der Waals surface area contributed by atoms with E-state index in [1.54, 1.807) is 6.20 Å². The molecule has 4 heteroatoms. The molecule has 1 aromatic carbocycles. The topological polar surface area (TPSA) is 30.7 Å². The summed E-state index contributed by atoms with van der Waals surface area (Å²) in [4.78, 5) is 0. The summed E-state index contributed by atoms with van der Waals surface area (Å²) in [6.45, 7) is 4.06. The number of hydrogen-bond donors (Lipinski definition) is 0. The van der Waals surface area contributed by atoms with E-state index in [0.29, 0.717) is 0 Å². The SMILES string of the molecule is CC(Cl)C(C)c1cnnn1-c1ccccc1. The van der Waals surface area contributed by atoms with Gasteiger partial charge in [0.1, 0.15) is 0 Å². The fourth-order valence-electron chi connectivity index (χ4n) is 1.56. The van der Waals surface area contributed by atoms with Crippen LogP contribution in [0.15, 0.2) is 36.5 Å². The van der Waals surface area contributed by atoms with Gasteiger partial charge in [0, 0.05) is 11.3 Å². The molecule has 0 radical (unpaired) electrons. The fraction of sp³-hybridized carbons (Fsp3) is 0.333. The number of aromatic nitrogens is 3. The molecule has 3 nitrogen and oxygen atoms in total. The Morgan fingerprint density at radius 3 is 2.50 bits per heavy atom. The summed E-state index contributed by atoms with van der Waals surface area (Å²) < 4.78 is 1.84. The summed E-state index contributed by atoms with van der Waals surface area (Å²) in [5.74, 6) is 0.219. The molecule has 0 fully saturated rings. The summed E-state index contributed by atoms with van der Waals surface area (Å²) >= 11 is 6.11. The number of rotatable bonds is 3. The molecule has 1 aromatic heterocycles. The van der Waals surface area contributed by atoms with E-state index in [4.69, 9.17) is 11.6 Å².